The summed E-state index contributed by atoms with van der Waals surface area (Å²) < 4.78 is 0. The Morgan fingerprint density at radius 2 is 1.88 bits per heavy atom. The molecule has 94 valence electrons. The van der Waals surface area contributed by atoms with Gasteiger partial charge in [0, 0.05) is 12.6 Å². The minimum atomic E-state index is -0.250. The Hall–Kier alpha value is -0.860. The van der Waals surface area contributed by atoms with Gasteiger partial charge in [-0.15, -0.1) is 0 Å². The monoisotopic (exact) mass is 233 g/mol. The standard InChI is InChI=1S/C15H23NO/c1-11(2)14(17)10-16-15(13-8-9-13)12-6-4-3-5-7-12/h3-7,11,13-17H,8-10H2,1-2H3. The van der Waals surface area contributed by atoms with E-state index in [1.54, 1.807) is 0 Å². The van der Waals surface area contributed by atoms with Crippen LogP contribution < -0.4 is 5.32 Å². The van der Waals surface area contributed by atoms with Gasteiger partial charge in [0.25, 0.3) is 0 Å². The Bertz CT molecular complexity index is 332. The van der Waals surface area contributed by atoms with Crippen molar-refractivity contribution in [3.63, 3.8) is 0 Å². The zero-order chi connectivity index (χ0) is 12.3. The molecule has 0 radical (unpaired) electrons. The van der Waals surface area contributed by atoms with Gasteiger partial charge < -0.3 is 10.4 Å². The van der Waals surface area contributed by atoms with Gasteiger partial charge >= 0.3 is 0 Å². The summed E-state index contributed by atoms with van der Waals surface area (Å²) in [7, 11) is 0. The fraction of sp³-hybridized carbons (Fsp3) is 0.600. The smallest absolute Gasteiger partial charge is 0.0687 e. The Balaban J connectivity index is 1.94. The van der Waals surface area contributed by atoms with Crippen molar-refractivity contribution in [2.24, 2.45) is 11.8 Å². The van der Waals surface area contributed by atoms with Gasteiger partial charge in [0.15, 0.2) is 0 Å². The molecule has 2 N–H and O–H groups in total. The van der Waals surface area contributed by atoms with Gasteiger partial charge in [-0.25, -0.2) is 0 Å². The van der Waals surface area contributed by atoms with Crippen molar-refractivity contribution in [3.8, 4) is 0 Å². The number of hydrogen-bond acceptors (Lipinski definition) is 2. The molecule has 0 amide bonds. The molecule has 2 nitrogen and oxygen atoms in total. The first-order valence-corrected chi connectivity index (χ1v) is 6.65. The molecule has 0 aliphatic heterocycles. The van der Waals surface area contributed by atoms with Crippen LogP contribution >= 0.6 is 0 Å². The fourth-order valence-electron chi connectivity index (χ4n) is 2.13. The topological polar surface area (TPSA) is 32.3 Å². The van der Waals surface area contributed by atoms with Crippen LogP contribution in [0.4, 0.5) is 0 Å². The second kappa shape index (κ2) is 5.65. The van der Waals surface area contributed by atoms with E-state index in [1.165, 1.54) is 18.4 Å². The van der Waals surface area contributed by atoms with Gasteiger partial charge in [0.1, 0.15) is 0 Å². The van der Waals surface area contributed by atoms with Crippen LogP contribution in [0.5, 0.6) is 0 Å². The summed E-state index contributed by atoms with van der Waals surface area (Å²) in [6.07, 6.45) is 2.37. The second-order valence-electron chi connectivity index (χ2n) is 5.45. The lowest BCUT2D eigenvalue weighted by molar-refractivity contribution is 0.119. The molecule has 1 aliphatic carbocycles. The molecule has 0 spiro atoms. The van der Waals surface area contributed by atoms with Crippen LogP contribution in [0.3, 0.4) is 0 Å². The lowest BCUT2D eigenvalue weighted by Gasteiger charge is -2.22. The molecule has 1 aromatic rings. The molecule has 2 heteroatoms. The lowest BCUT2D eigenvalue weighted by atomic mass is 10.0. The van der Waals surface area contributed by atoms with E-state index in [4.69, 9.17) is 0 Å². The van der Waals surface area contributed by atoms with Gasteiger partial charge in [-0.2, -0.15) is 0 Å². The Kier molecular flexibility index (Phi) is 4.19. The molecule has 1 aliphatic rings. The number of benzene rings is 1. The highest BCUT2D eigenvalue weighted by Gasteiger charge is 2.32. The Morgan fingerprint density at radius 3 is 2.41 bits per heavy atom. The van der Waals surface area contributed by atoms with E-state index in [9.17, 15) is 5.11 Å². The number of nitrogens with one attached hydrogen (secondary N) is 1. The van der Waals surface area contributed by atoms with Gasteiger partial charge in [-0.05, 0) is 30.2 Å². The number of aliphatic hydroxyl groups excluding tert-OH is 1. The molecular weight excluding hydrogens is 210 g/mol. The zero-order valence-corrected chi connectivity index (χ0v) is 10.8. The molecule has 1 aromatic carbocycles. The summed E-state index contributed by atoms with van der Waals surface area (Å²) in [5, 5.41) is 13.4. The van der Waals surface area contributed by atoms with Gasteiger partial charge in [0.2, 0.25) is 0 Å². The predicted molar refractivity (Wildman–Crippen MR) is 70.8 cm³/mol. The summed E-state index contributed by atoms with van der Waals surface area (Å²) in [6.45, 7) is 4.80. The van der Waals surface area contributed by atoms with Crippen LogP contribution in [0, 0.1) is 11.8 Å². The van der Waals surface area contributed by atoms with Crippen LogP contribution in [0.25, 0.3) is 0 Å². The van der Waals surface area contributed by atoms with E-state index in [0.717, 1.165) is 5.92 Å². The summed E-state index contributed by atoms with van der Waals surface area (Å²) in [4.78, 5) is 0. The Morgan fingerprint density at radius 1 is 1.24 bits per heavy atom. The van der Waals surface area contributed by atoms with Crippen molar-refractivity contribution < 1.29 is 5.11 Å². The van der Waals surface area contributed by atoms with Crippen molar-refractivity contribution in [1.82, 2.24) is 5.32 Å². The Labute approximate surface area is 104 Å². The quantitative estimate of drug-likeness (QED) is 0.792. The van der Waals surface area contributed by atoms with Crippen LogP contribution in [-0.2, 0) is 0 Å². The lowest BCUT2D eigenvalue weighted by Crippen LogP contribution is -2.34. The van der Waals surface area contributed by atoms with Crippen LogP contribution in [-0.4, -0.2) is 17.8 Å². The summed E-state index contributed by atoms with van der Waals surface area (Å²) >= 11 is 0. The minimum absolute atomic E-state index is 0.250. The largest absolute Gasteiger partial charge is 0.392 e. The van der Waals surface area contributed by atoms with E-state index in [1.807, 2.05) is 0 Å². The van der Waals surface area contributed by atoms with E-state index < -0.39 is 0 Å². The zero-order valence-electron chi connectivity index (χ0n) is 10.8. The van der Waals surface area contributed by atoms with E-state index in [-0.39, 0.29) is 6.10 Å². The molecule has 0 aromatic heterocycles. The molecule has 2 atom stereocenters. The number of aliphatic hydroxyl groups is 1. The second-order valence-corrected chi connectivity index (χ2v) is 5.45. The summed E-state index contributed by atoms with van der Waals surface area (Å²) in [6, 6.07) is 11.0. The van der Waals surface area contributed by atoms with Crippen molar-refractivity contribution in [3.05, 3.63) is 35.9 Å². The minimum Gasteiger partial charge on any atom is -0.392 e. The average molecular weight is 233 g/mol. The first kappa shape index (κ1) is 12.6. The van der Waals surface area contributed by atoms with Crippen molar-refractivity contribution >= 4 is 0 Å². The van der Waals surface area contributed by atoms with Gasteiger partial charge in [-0.1, -0.05) is 44.2 Å². The molecule has 0 saturated heterocycles. The van der Waals surface area contributed by atoms with Crippen LogP contribution in [0.15, 0.2) is 30.3 Å². The van der Waals surface area contributed by atoms with E-state index in [0.29, 0.717) is 18.5 Å². The highest BCUT2D eigenvalue weighted by Crippen LogP contribution is 2.40. The molecule has 0 bridgehead atoms. The first-order valence-electron chi connectivity index (χ1n) is 6.65. The average Bonchev–Trinajstić information content (AvgIpc) is 3.15. The van der Waals surface area contributed by atoms with E-state index >= 15 is 0 Å². The third kappa shape index (κ3) is 3.55. The maximum atomic E-state index is 9.86. The highest BCUT2D eigenvalue weighted by atomic mass is 16.3. The van der Waals surface area contributed by atoms with Gasteiger partial charge in [0.05, 0.1) is 6.10 Å². The summed E-state index contributed by atoms with van der Waals surface area (Å²) in [5.74, 6) is 1.08. The SMILES string of the molecule is CC(C)C(O)CNC(c1ccccc1)C1CC1. The molecule has 17 heavy (non-hydrogen) atoms. The molecule has 0 heterocycles. The molecule has 1 fully saturated rings. The first-order chi connectivity index (χ1) is 8.18. The van der Waals surface area contributed by atoms with Crippen LogP contribution in [0.2, 0.25) is 0 Å². The third-order valence-electron chi connectivity index (χ3n) is 3.57. The number of hydrogen-bond donors (Lipinski definition) is 2. The normalized spacial score (nSPS) is 19.3. The highest BCUT2D eigenvalue weighted by molar-refractivity contribution is 5.21. The molecular formula is C15H23NO. The third-order valence-corrected chi connectivity index (χ3v) is 3.57. The van der Waals surface area contributed by atoms with Crippen LogP contribution in [0.1, 0.15) is 38.3 Å². The molecule has 2 unspecified atom stereocenters. The van der Waals surface area contributed by atoms with Crippen molar-refractivity contribution in [2.45, 2.75) is 38.8 Å². The number of rotatable bonds is 6. The van der Waals surface area contributed by atoms with Crippen molar-refractivity contribution in [1.29, 1.82) is 0 Å². The molecule has 1 saturated carbocycles. The van der Waals surface area contributed by atoms with Gasteiger partial charge in [-0.3, -0.25) is 0 Å². The summed E-state index contributed by atoms with van der Waals surface area (Å²) in [5.41, 5.74) is 1.35. The maximum absolute atomic E-state index is 9.86. The fourth-order valence-corrected chi connectivity index (χ4v) is 2.13. The maximum Gasteiger partial charge on any atom is 0.0687 e. The predicted octanol–water partition coefficient (Wildman–Crippen LogP) is 2.74. The molecule has 2 rings (SSSR count). The van der Waals surface area contributed by atoms with Crippen molar-refractivity contribution in [2.75, 3.05) is 6.54 Å². The van der Waals surface area contributed by atoms with E-state index in [2.05, 4.69) is 49.5 Å².